The standard InChI is InChI=1S/C28H28BrN3O/c1-20-7-4-5-8-25(20)32-26(21-10-13-23(29)14-11-21)16-17-27(32)24-15-12-22(19-30-24)28(33)9-6-18-31(2)3/h4-5,7-8,10-17,19H,6,9,18H2,1-3H3. The average Bonchev–Trinajstić information content (AvgIpc) is 3.24. The lowest BCUT2D eigenvalue weighted by Gasteiger charge is -2.16. The fraction of sp³-hybridized carbons (Fsp3) is 0.214. The molecule has 2 heterocycles. The van der Waals surface area contributed by atoms with Gasteiger partial charge in [0.2, 0.25) is 0 Å². The van der Waals surface area contributed by atoms with E-state index in [1.807, 2.05) is 26.2 Å². The smallest absolute Gasteiger partial charge is 0.164 e. The van der Waals surface area contributed by atoms with Crippen LogP contribution in [0.3, 0.4) is 0 Å². The number of aryl methyl sites for hydroxylation is 1. The number of aromatic nitrogens is 2. The van der Waals surface area contributed by atoms with Crippen molar-refractivity contribution in [2.75, 3.05) is 20.6 Å². The number of pyridine rings is 1. The van der Waals surface area contributed by atoms with Crippen molar-refractivity contribution >= 4 is 21.7 Å². The maximum Gasteiger partial charge on any atom is 0.164 e. The first-order valence-electron chi connectivity index (χ1n) is 11.1. The maximum atomic E-state index is 12.6. The first-order chi connectivity index (χ1) is 15.9. The average molecular weight is 502 g/mol. The first kappa shape index (κ1) is 23.1. The molecule has 0 radical (unpaired) electrons. The molecule has 0 bridgehead atoms. The lowest BCUT2D eigenvalue weighted by molar-refractivity contribution is 0.0977. The van der Waals surface area contributed by atoms with Gasteiger partial charge in [0.25, 0.3) is 0 Å². The zero-order chi connectivity index (χ0) is 23.4. The fourth-order valence-electron chi connectivity index (χ4n) is 3.97. The van der Waals surface area contributed by atoms with Crippen LogP contribution in [0.15, 0.2) is 83.5 Å². The van der Waals surface area contributed by atoms with E-state index in [0.29, 0.717) is 12.0 Å². The molecule has 0 saturated carbocycles. The van der Waals surface area contributed by atoms with Gasteiger partial charge in [0.1, 0.15) is 0 Å². The summed E-state index contributed by atoms with van der Waals surface area (Å²) in [5.74, 6) is 0.140. The number of hydrogen-bond donors (Lipinski definition) is 0. The zero-order valence-electron chi connectivity index (χ0n) is 19.3. The van der Waals surface area contributed by atoms with E-state index < -0.39 is 0 Å². The Labute approximate surface area is 204 Å². The Morgan fingerprint density at radius 1 is 0.939 bits per heavy atom. The van der Waals surface area contributed by atoms with Crippen molar-refractivity contribution in [1.29, 1.82) is 0 Å². The minimum absolute atomic E-state index is 0.140. The van der Waals surface area contributed by atoms with Gasteiger partial charge in [-0.1, -0.05) is 46.3 Å². The number of carbonyl (C=O) groups is 1. The van der Waals surface area contributed by atoms with Crippen LogP contribution in [0.5, 0.6) is 0 Å². The Balaban J connectivity index is 1.71. The van der Waals surface area contributed by atoms with Gasteiger partial charge < -0.3 is 9.47 Å². The molecule has 0 aliphatic rings. The highest BCUT2D eigenvalue weighted by atomic mass is 79.9. The predicted molar refractivity (Wildman–Crippen MR) is 139 cm³/mol. The number of Topliss-reactive ketones (excluding diaryl/α,β-unsaturated/α-hetero) is 1. The molecule has 0 aliphatic carbocycles. The molecule has 2 aromatic heterocycles. The van der Waals surface area contributed by atoms with Gasteiger partial charge in [-0.25, -0.2) is 0 Å². The second-order valence-corrected chi connectivity index (χ2v) is 9.41. The normalized spacial score (nSPS) is 11.2. The molecule has 0 fully saturated rings. The molecular weight excluding hydrogens is 474 g/mol. The van der Waals surface area contributed by atoms with Crippen molar-refractivity contribution in [3.05, 3.63) is 94.6 Å². The Bertz CT molecular complexity index is 1240. The second kappa shape index (κ2) is 10.3. The summed E-state index contributed by atoms with van der Waals surface area (Å²) in [6.45, 7) is 3.02. The van der Waals surface area contributed by atoms with E-state index >= 15 is 0 Å². The number of halogens is 1. The molecule has 0 N–H and O–H groups in total. The number of benzene rings is 2. The van der Waals surface area contributed by atoms with Crippen molar-refractivity contribution in [3.63, 3.8) is 0 Å². The summed E-state index contributed by atoms with van der Waals surface area (Å²) in [5.41, 5.74) is 7.01. The molecule has 4 aromatic rings. The largest absolute Gasteiger partial charge is 0.309 e. The van der Waals surface area contributed by atoms with Gasteiger partial charge in [0.15, 0.2) is 5.78 Å². The number of rotatable bonds is 8. The molecular formula is C28H28BrN3O. The second-order valence-electron chi connectivity index (χ2n) is 8.49. The third-order valence-electron chi connectivity index (χ3n) is 5.73. The van der Waals surface area contributed by atoms with Crippen molar-refractivity contribution in [2.45, 2.75) is 19.8 Å². The highest BCUT2D eigenvalue weighted by Crippen LogP contribution is 2.33. The van der Waals surface area contributed by atoms with Gasteiger partial charge in [-0.3, -0.25) is 9.78 Å². The molecule has 4 nitrogen and oxygen atoms in total. The molecule has 0 unspecified atom stereocenters. The Kier molecular flexibility index (Phi) is 7.21. The quantitative estimate of drug-likeness (QED) is 0.249. The number of hydrogen-bond acceptors (Lipinski definition) is 3. The maximum absolute atomic E-state index is 12.6. The summed E-state index contributed by atoms with van der Waals surface area (Å²) >= 11 is 3.53. The molecule has 0 aliphatic heterocycles. The summed E-state index contributed by atoms with van der Waals surface area (Å²) in [4.78, 5) is 19.3. The minimum atomic E-state index is 0.140. The van der Waals surface area contributed by atoms with Gasteiger partial charge in [-0.15, -0.1) is 0 Å². The van der Waals surface area contributed by atoms with E-state index in [1.54, 1.807) is 6.20 Å². The highest BCUT2D eigenvalue weighted by Gasteiger charge is 2.16. The molecule has 5 heteroatoms. The Morgan fingerprint density at radius 2 is 1.67 bits per heavy atom. The first-order valence-corrected chi connectivity index (χ1v) is 11.9. The molecule has 0 amide bonds. The van der Waals surface area contributed by atoms with Crippen LogP contribution in [0.25, 0.3) is 28.3 Å². The molecule has 2 aromatic carbocycles. The molecule has 0 spiro atoms. The van der Waals surface area contributed by atoms with E-state index in [1.165, 1.54) is 5.56 Å². The molecule has 4 rings (SSSR count). The van der Waals surface area contributed by atoms with Crippen LogP contribution in [-0.2, 0) is 0 Å². The number of carbonyl (C=O) groups excluding carboxylic acids is 1. The summed E-state index contributed by atoms with van der Waals surface area (Å²) in [5, 5.41) is 0. The third kappa shape index (κ3) is 5.32. The SMILES string of the molecule is Cc1ccccc1-n1c(-c2ccc(Br)cc2)ccc1-c1ccc(C(=O)CCCN(C)C)cn1. The van der Waals surface area contributed by atoms with E-state index in [4.69, 9.17) is 4.98 Å². The third-order valence-corrected chi connectivity index (χ3v) is 6.26. The number of ketones is 1. The van der Waals surface area contributed by atoms with Crippen molar-refractivity contribution in [3.8, 4) is 28.3 Å². The lowest BCUT2D eigenvalue weighted by Crippen LogP contribution is -2.14. The molecule has 33 heavy (non-hydrogen) atoms. The van der Waals surface area contributed by atoms with E-state index in [2.05, 4.69) is 93.0 Å². The van der Waals surface area contributed by atoms with Crippen LogP contribution >= 0.6 is 15.9 Å². The minimum Gasteiger partial charge on any atom is -0.309 e. The zero-order valence-corrected chi connectivity index (χ0v) is 20.8. The van der Waals surface area contributed by atoms with Gasteiger partial charge in [0, 0.05) is 28.3 Å². The summed E-state index contributed by atoms with van der Waals surface area (Å²) < 4.78 is 3.30. The highest BCUT2D eigenvalue weighted by molar-refractivity contribution is 9.10. The Hall–Kier alpha value is -3.02. The monoisotopic (exact) mass is 501 g/mol. The van der Waals surface area contributed by atoms with Crippen LogP contribution in [0.1, 0.15) is 28.8 Å². The van der Waals surface area contributed by atoms with Crippen LogP contribution in [-0.4, -0.2) is 40.9 Å². The molecule has 0 saturated heterocycles. The van der Waals surface area contributed by atoms with Gasteiger partial charge in [-0.2, -0.15) is 0 Å². The Morgan fingerprint density at radius 3 is 2.33 bits per heavy atom. The van der Waals surface area contributed by atoms with E-state index in [0.717, 1.165) is 45.8 Å². The van der Waals surface area contributed by atoms with Crippen LogP contribution in [0.4, 0.5) is 0 Å². The number of para-hydroxylation sites is 1. The summed E-state index contributed by atoms with van der Waals surface area (Å²) in [7, 11) is 4.04. The molecule has 168 valence electrons. The lowest BCUT2D eigenvalue weighted by atomic mass is 10.1. The van der Waals surface area contributed by atoms with Crippen molar-refractivity contribution in [2.24, 2.45) is 0 Å². The predicted octanol–water partition coefficient (Wildman–Crippen LogP) is 6.80. The van der Waals surface area contributed by atoms with Crippen LogP contribution in [0, 0.1) is 6.92 Å². The van der Waals surface area contributed by atoms with Crippen LogP contribution in [0.2, 0.25) is 0 Å². The van der Waals surface area contributed by atoms with Crippen molar-refractivity contribution < 1.29 is 4.79 Å². The van der Waals surface area contributed by atoms with Crippen LogP contribution < -0.4 is 0 Å². The van der Waals surface area contributed by atoms with Gasteiger partial charge in [0.05, 0.1) is 17.1 Å². The number of nitrogens with zero attached hydrogens (tertiary/aromatic N) is 3. The van der Waals surface area contributed by atoms with E-state index in [-0.39, 0.29) is 5.78 Å². The van der Waals surface area contributed by atoms with E-state index in [9.17, 15) is 4.79 Å². The fourth-order valence-corrected chi connectivity index (χ4v) is 4.23. The van der Waals surface area contributed by atoms with Gasteiger partial charge >= 0.3 is 0 Å². The molecule has 0 atom stereocenters. The summed E-state index contributed by atoms with van der Waals surface area (Å²) in [6, 6.07) is 24.8. The van der Waals surface area contributed by atoms with Crippen molar-refractivity contribution in [1.82, 2.24) is 14.5 Å². The topological polar surface area (TPSA) is 38.1 Å². The van der Waals surface area contributed by atoms with Gasteiger partial charge in [-0.05, 0) is 87.6 Å². The summed E-state index contributed by atoms with van der Waals surface area (Å²) in [6.07, 6.45) is 3.09.